The molecule has 12 heteroatoms. The van der Waals surface area contributed by atoms with Crippen LogP contribution in [0.15, 0.2) is 40.0 Å². The molecule has 35 heavy (non-hydrogen) atoms. The van der Waals surface area contributed by atoms with Crippen molar-refractivity contribution in [3.8, 4) is 17.1 Å². The molecule has 0 aliphatic carbocycles. The van der Waals surface area contributed by atoms with E-state index in [0.717, 1.165) is 6.42 Å². The topological polar surface area (TPSA) is 182 Å². The maximum atomic E-state index is 13.3. The average Bonchev–Trinajstić information content (AvgIpc) is 2.83. The number of nitrogens with two attached hydrogens (primary N) is 2. The fourth-order valence-corrected chi connectivity index (χ4v) is 5.53. The summed E-state index contributed by atoms with van der Waals surface area (Å²) in [5.74, 6) is -0.994. The molecule has 1 saturated heterocycles. The Bertz CT molecular complexity index is 1440. The van der Waals surface area contributed by atoms with Crippen molar-refractivity contribution in [3.05, 3.63) is 40.7 Å². The second-order valence-corrected chi connectivity index (χ2v) is 10.4. The summed E-state index contributed by atoms with van der Waals surface area (Å²) in [7, 11) is -3.92. The van der Waals surface area contributed by atoms with Crippen LogP contribution in [0.2, 0.25) is 0 Å². The number of hydrogen-bond acceptors (Lipinski definition) is 8. The van der Waals surface area contributed by atoms with Crippen molar-refractivity contribution in [2.24, 2.45) is 5.92 Å². The smallest absolute Gasteiger partial charge is 0.306 e. The first-order chi connectivity index (χ1) is 16.6. The van der Waals surface area contributed by atoms with E-state index < -0.39 is 27.5 Å². The zero-order valence-electron chi connectivity index (χ0n) is 19.2. The number of carboxylic acids is 1. The Kier molecular flexibility index (Phi) is 6.68. The highest BCUT2D eigenvalue weighted by Gasteiger charge is 2.32. The van der Waals surface area contributed by atoms with Crippen LogP contribution in [0.3, 0.4) is 0 Å². The van der Waals surface area contributed by atoms with Gasteiger partial charge in [0.1, 0.15) is 11.6 Å². The highest BCUT2D eigenvalue weighted by Crippen LogP contribution is 2.33. The predicted molar refractivity (Wildman–Crippen MR) is 132 cm³/mol. The van der Waals surface area contributed by atoms with Crippen LogP contribution in [0, 0.1) is 5.92 Å². The summed E-state index contributed by atoms with van der Waals surface area (Å²) in [6.45, 7) is 2.52. The van der Waals surface area contributed by atoms with E-state index in [2.05, 4.69) is 9.97 Å². The van der Waals surface area contributed by atoms with E-state index in [4.69, 9.17) is 16.2 Å². The van der Waals surface area contributed by atoms with E-state index >= 15 is 0 Å². The molecule has 1 aliphatic heterocycles. The predicted octanol–water partition coefficient (Wildman–Crippen LogP) is 2.03. The first-order valence-electron chi connectivity index (χ1n) is 11.2. The number of aromatic amines is 1. The number of nitrogens with zero attached hydrogens (tertiary/aromatic N) is 2. The van der Waals surface area contributed by atoms with Crippen molar-refractivity contribution in [1.29, 1.82) is 0 Å². The van der Waals surface area contributed by atoms with Crippen molar-refractivity contribution in [2.45, 2.75) is 31.1 Å². The molecule has 2 aromatic carbocycles. The molecule has 1 fully saturated rings. The molecule has 6 N–H and O–H groups in total. The number of piperidine rings is 1. The lowest BCUT2D eigenvalue weighted by molar-refractivity contribution is -0.142. The number of nitrogen functional groups attached to an aromatic ring is 2. The number of benzene rings is 2. The van der Waals surface area contributed by atoms with Crippen LogP contribution in [0.1, 0.15) is 26.2 Å². The molecular formula is C23H27N5O6S. The van der Waals surface area contributed by atoms with Gasteiger partial charge in [0.15, 0.2) is 0 Å². The SMILES string of the molecule is CCCOc1ccc(S(=O)(=O)N2CCC(C(=O)O)CC2)cc1-c1nc2cc(N)c(N)cc2c(=O)[nH]1. The lowest BCUT2D eigenvalue weighted by atomic mass is 9.99. The van der Waals surface area contributed by atoms with Gasteiger partial charge in [-0.1, -0.05) is 6.92 Å². The Morgan fingerprint density at radius 1 is 1.20 bits per heavy atom. The van der Waals surface area contributed by atoms with Gasteiger partial charge in [0.25, 0.3) is 5.56 Å². The third kappa shape index (κ3) is 4.80. The van der Waals surface area contributed by atoms with Crippen LogP contribution in [0.4, 0.5) is 11.4 Å². The van der Waals surface area contributed by atoms with Crippen molar-refractivity contribution >= 4 is 38.3 Å². The van der Waals surface area contributed by atoms with Crippen LogP contribution >= 0.6 is 0 Å². The third-order valence-corrected chi connectivity index (χ3v) is 7.91. The molecule has 0 saturated carbocycles. The Hall–Kier alpha value is -3.64. The second-order valence-electron chi connectivity index (χ2n) is 8.44. The minimum atomic E-state index is -3.92. The number of carboxylic acid groups (broad SMARTS) is 1. The molecule has 0 atom stereocenters. The molecule has 1 aromatic heterocycles. The molecule has 0 spiro atoms. The number of sulfonamides is 1. The summed E-state index contributed by atoms with van der Waals surface area (Å²) in [6.07, 6.45) is 1.20. The Morgan fingerprint density at radius 3 is 2.54 bits per heavy atom. The monoisotopic (exact) mass is 501 g/mol. The van der Waals surface area contributed by atoms with Crippen LogP contribution in [-0.2, 0) is 14.8 Å². The van der Waals surface area contributed by atoms with Crippen molar-refractivity contribution in [2.75, 3.05) is 31.2 Å². The summed E-state index contributed by atoms with van der Waals surface area (Å²) in [4.78, 5) is 31.2. The normalized spacial score (nSPS) is 15.3. The number of hydrogen-bond donors (Lipinski definition) is 4. The van der Waals surface area contributed by atoms with Crippen LogP contribution in [-0.4, -0.2) is 53.5 Å². The molecule has 0 unspecified atom stereocenters. The molecule has 186 valence electrons. The van der Waals surface area contributed by atoms with Gasteiger partial charge >= 0.3 is 5.97 Å². The average molecular weight is 502 g/mol. The standard InChI is InChI=1S/C23H27N5O6S/c1-2-9-34-20-4-3-14(35(32,33)28-7-5-13(6-8-28)23(30)31)10-16(20)21-26-19-12-18(25)17(24)11-15(19)22(29)27-21/h3-4,10-13H,2,5-9,24-25H2,1H3,(H,30,31)(H,26,27,29). The number of rotatable bonds is 7. The highest BCUT2D eigenvalue weighted by molar-refractivity contribution is 7.89. The summed E-state index contributed by atoms with van der Waals surface area (Å²) in [6, 6.07) is 7.31. The number of aromatic nitrogens is 2. The number of ether oxygens (including phenoxy) is 1. The number of fused-ring (bicyclic) bond motifs is 1. The van der Waals surface area contributed by atoms with Gasteiger partial charge in [-0.05, 0) is 49.6 Å². The van der Waals surface area contributed by atoms with E-state index in [1.54, 1.807) is 0 Å². The zero-order chi connectivity index (χ0) is 25.3. The fourth-order valence-electron chi connectivity index (χ4n) is 4.03. The van der Waals surface area contributed by atoms with Gasteiger partial charge in [0.2, 0.25) is 10.0 Å². The van der Waals surface area contributed by atoms with E-state index in [9.17, 15) is 23.1 Å². The minimum absolute atomic E-state index is 0.00955. The van der Waals surface area contributed by atoms with Crippen molar-refractivity contribution in [1.82, 2.24) is 14.3 Å². The third-order valence-electron chi connectivity index (χ3n) is 6.02. The van der Waals surface area contributed by atoms with Gasteiger partial charge in [0.05, 0.1) is 45.3 Å². The van der Waals surface area contributed by atoms with Crippen LogP contribution in [0.25, 0.3) is 22.3 Å². The summed E-state index contributed by atoms with van der Waals surface area (Å²) >= 11 is 0. The van der Waals surface area contributed by atoms with E-state index in [1.807, 2.05) is 6.92 Å². The number of carbonyl (C=O) groups is 1. The van der Waals surface area contributed by atoms with E-state index in [-0.39, 0.29) is 53.4 Å². The summed E-state index contributed by atoms with van der Waals surface area (Å²) in [5.41, 5.74) is 12.4. The maximum absolute atomic E-state index is 13.3. The van der Waals surface area contributed by atoms with Gasteiger partial charge in [0, 0.05) is 13.1 Å². The van der Waals surface area contributed by atoms with Gasteiger partial charge in [-0.2, -0.15) is 4.31 Å². The molecular weight excluding hydrogens is 474 g/mol. The highest BCUT2D eigenvalue weighted by atomic mass is 32.2. The number of aliphatic carboxylic acids is 1. The molecule has 2 heterocycles. The fraction of sp³-hybridized carbons (Fsp3) is 0.348. The van der Waals surface area contributed by atoms with Crippen molar-refractivity contribution in [3.63, 3.8) is 0 Å². The van der Waals surface area contributed by atoms with Gasteiger partial charge < -0.3 is 26.3 Å². The van der Waals surface area contributed by atoms with Crippen molar-refractivity contribution < 1.29 is 23.1 Å². The zero-order valence-corrected chi connectivity index (χ0v) is 20.0. The van der Waals surface area contributed by atoms with Crippen LogP contribution < -0.4 is 21.8 Å². The minimum Gasteiger partial charge on any atom is -0.493 e. The molecule has 1 aliphatic rings. The second kappa shape index (κ2) is 9.55. The van der Waals surface area contributed by atoms with Gasteiger partial charge in [-0.25, -0.2) is 13.4 Å². The summed E-state index contributed by atoms with van der Waals surface area (Å²) in [5, 5.41) is 9.46. The molecule has 3 aromatic rings. The summed E-state index contributed by atoms with van der Waals surface area (Å²) < 4.78 is 33.8. The Balaban J connectivity index is 1.79. The molecule has 0 bridgehead atoms. The number of H-pyrrole nitrogens is 1. The Morgan fingerprint density at radius 2 is 1.89 bits per heavy atom. The maximum Gasteiger partial charge on any atom is 0.306 e. The van der Waals surface area contributed by atoms with E-state index in [1.165, 1.54) is 34.6 Å². The number of anilines is 2. The largest absolute Gasteiger partial charge is 0.493 e. The first kappa shape index (κ1) is 24.5. The lowest BCUT2D eigenvalue weighted by Gasteiger charge is -2.29. The van der Waals surface area contributed by atoms with Crippen LogP contribution in [0.5, 0.6) is 5.75 Å². The quantitative estimate of drug-likeness (QED) is 0.352. The molecule has 11 nitrogen and oxygen atoms in total. The molecule has 4 rings (SSSR count). The first-order valence-corrected chi connectivity index (χ1v) is 12.6. The molecule has 0 radical (unpaired) electrons. The van der Waals surface area contributed by atoms with Gasteiger partial charge in [-0.3, -0.25) is 9.59 Å². The van der Waals surface area contributed by atoms with E-state index in [0.29, 0.717) is 23.4 Å². The Labute approximate surface area is 201 Å². The lowest BCUT2D eigenvalue weighted by Crippen LogP contribution is -2.40. The van der Waals surface area contributed by atoms with Gasteiger partial charge in [-0.15, -0.1) is 0 Å². The number of nitrogens with one attached hydrogen (secondary N) is 1. The molecule has 0 amide bonds.